The molecule has 1 saturated carbocycles. The fourth-order valence-electron chi connectivity index (χ4n) is 4.73. The van der Waals surface area contributed by atoms with E-state index < -0.39 is 56.4 Å². The van der Waals surface area contributed by atoms with E-state index in [1.165, 1.54) is 0 Å². The second kappa shape index (κ2) is 9.30. The van der Waals surface area contributed by atoms with E-state index in [2.05, 4.69) is 10.6 Å². The molecule has 0 bridgehead atoms. The molecule has 1 heterocycles. The van der Waals surface area contributed by atoms with Gasteiger partial charge in [0.2, 0.25) is 20.7 Å². The molecule has 10 heteroatoms. The van der Waals surface area contributed by atoms with Gasteiger partial charge < -0.3 is 10.6 Å². The van der Waals surface area contributed by atoms with Crippen molar-refractivity contribution in [3.63, 3.8) is 0 Å². The van der Waals surface area contributed by atoms with Crippen LogP contribution in [0.25, 0.3) is 0 Å². The number of amides is 1. The molecule has 2 aromatic rings. The van der Waals surface area contributed by atoms with Crippen LogP contribution in [0.3, 0.4) is 0 Å². The van der Waals surface area contributed by atoms with Gasteiger partial charge in [0.05, 0.1) is 16.5 Å². The number of carbonyl (C=O) groups is 1. The second-order valence-corrected chi connectivity index (χ2v) is 11.2. The van der Waals surface area contributed by atoms with E-state index in [0.29, 0.717) is 19.0 Å². The normalized spacial score (nSPS) is 27.9. The first-order valence-corrected chi connectivity index (χ1v) is 12.7. The topological polar surface area (TPSA) is 75.3 Å². The summed E-state index contributed by atoms with van der Waals surface area (Å²) in [5.74, 6) is -0.00470. The van der Waals surface area contributed by atoms with Crippen molar-refractivity contribution in [2.45, 2.75) is 66.2 Å². The fourth-order valence-corrected chi connectivity index (χ4v) is 6.46. The van der Waals surface area contributed by atoms with E-state index in [-0.39, 0.29) is 24.7 Å². The van der Waals surface area contributed by atoms with Crippen molar-refractivity contribution in [2.75, 3.05) is 6.54 Å². The van der Waals surface area contributed by atoms with E-state index in [9.17, 15) is 26.4 Å². The van der Waals surface area contributed by atoms with Crippen LogP contribution in [0.5, 0.6) is 0 Å². The first kappa shape index (κ1) is 24.7. The maximum atomic E-state index is 15.5. The number of carbonyl (C=O) groups excluding carboxylic acids is 1. The predicted octanol–water partition coefficient (Wildman–Crippen LogP) is 4.35. The summed E-state index contributed by atoms with van der Waals surface area (Å²) < 4.78 is 80.2. The molecule has 4 rings (SSSR count). The Hall–Kier alpha value is -2.46. The van der Waals surface area contributed by atoms with Gasteiger partial charge in [-0.15, -0.1) is 0 Å². The van der Waals surface area contributed by atoms with Gasteiger partial charge in [-0.25, -0.2) is 12.8 Å². The van der Waals surface area contributed by atoms with Gasteiger partial charge in [0.25, 0.3) is 0 Å². The molecule has 2 atom stereocenters. The molecule has 1 aliphatic heterocycles. The highest BCUT2D eigenvalue weighted by atomic mass is 32.2. The zero-order valence-corrected chi connectivity index (χ0v) is 19.1. The summed E-state index contributed by atoms with van der Waals surface area (Å²) in [6.45, 7) is 0.662. The Morgan fingerprint density at radius 3 is 2.35 bits per heavy atom. The lowest BCUT2D eigenvalue weighted by molar-refractivity contribution is -0.137. The molecular formula is C24H26F4N2O3S. The van der Waals surface area contributed by atoms with E-state index in [0.717, 1.165) is 23.8 Å². The van der Waals surface area contributed by atoms with Crippen LogP contribution >= 0.6 is 0 Å². The number of alkyl halides is 4. The number of halogens is 4. The molecule has 0 aromatic heterocycles. The SMILES string of the molecule is O=C(N[C@H]1CC[C@](F)(S(=O)(=O)c2cccc(C(F)(F)F)c2)CC1)[C@@H]1C[C@@H](c2ccccc2)CN1. The predicted molar refractivity (Wildman–Crippen MR) is 118 cm³/mol. The van der Waals surface area contributed by atoms with Crippen molar-refractivity contribution in [2.24, 2.45) is 0 Å². The number of benzene rings is 2. The van der Waals surface area contributed by atoms with Crippen LogP contribution < -0.4 is 10.6 Å². The van der Waals surface area contributed by atoms with Crippen molar-refractivity contribution in [3.05, 3.63) is 65.7 Å². The van der Waals surface area contributed by atoms with Crippen LogP contribution in [0, 0.1) is 0 Å². The molecular weight excluding hydrogens is 472 g/mol. The quantitative estimate of drug-likeness (QED) is 0.602. The Kier molecular flexibility index (Phi) is 6.74. The third kappa shape index (κ3) is 4.98. The summed E-state index contributed by atoms with van der Waals surface area (Å²) in [5, 5.41) is 3.40. The Morgan fingerprint density at radius 2 is 1.71 bits per heavy atom. The van der Waals surface area contributed by atoms with Crippen LogP contribution in [0.1, 0.15) is 49.1 Å². The minimum Gasteiger partial charge on any atom is -0.352 e. The van der Waals surface area contributed by atoms with E-state index in [1.807, 2.05) is 30.3 Å². The number of sulfone groups is 1. The minimum atomic E-state index is -4.73. The highest BCUT2D eigenvalue weighted by Gasteiger charge is 2.48. The smallest absolute Gasteiger partial charge is 0.352 e. The van der Waals surface area contributed by atoms with Crippen molar-refractivity contribution in [1.82, 2.24) is 10.6 Å². The lowest BCUT2D eigenvalue weighted by atomic mass is 9.92. The van der Waals surface area contributed by atoms with Gasteiger partial charge in [0.15, 0.2) is 0 Å². The molecule has 1 amide bonds. The van der Waals surface area contributed by atoms with Crippen molar-refractivity contribution < 1.29 is 30.8 Å². The van der Waals surface area contributed by atoms with Crippen molar-refractivity contribution >= 4 is 15.7 Å². The highest BCUT2D eigenvalue weighted by Crippen LogP contribution is 2.41. The van der Waals surface area contributed by atoms with Gasteiger partial charge in [0, 0.05) is 12.6 Å². The Bertz CT molecular complexity index is 1130. The highest BCUT2D eigenvalue weighted by molar-refractivity contribution is 7.92. The van der Waals surface area contributed by atoms with Crippen LogP contribution in [0.4, 0.5) is 17.6 Å². The molecule has 0 radical (unpaired) electrons. The lowest BCUT2D eigenvalue weighted by Crippen LogP contribution is -2.49. The zero-order chi connectivity index (χ0) is 24.6. The molecule has 2 aliphatic rings. The first-order chi connectivity index (χ1) is 16.0. The van der Waals surface area contributed by atoms with Gasteiger partial charge >= 0.3 is 6.18 Å². The van der Waals surface area contributed by atoms with Gasteiger partial charge in [-0.3, -0.25) is 4.79 Å². The second-order valence-electron chi connectivity index (χ2n) is 9.00. The molecule has 184 valence electrons. The van der Waals surface area contributed by atoms with E-state index >= 15 is 4.39 Å². The third-order valence-corrected chi connectivity index (χ3v) is 9.00. The number of rotatable bonds is 5. The van der Waals surface area contributed by atoms with Gasteiger partial charge in [-0.05, 0) is 61.8 Å². The van der Waals surface area contributed by atoms with Crippen LogP contribution in [0.2, 0.25) is 0 Å². The molecule has 2 aromatic carbocycles. The molecule has 5 nitrogen and oxygen atoms in total. The fraction of sp³-hybridized carbons (Fsp3) is 0.458. The number of hydrogen-bond acceptors (Lipinski definition) is 4. The molecule has 2 N–H and O–H groups in total. The minimum absolute atomic E-state index is 0.0786. The van der Waals surface area contributed by atoms with Crippen molar-refractivity contribution in [1.29, 1.82) is 0 Å². The Morgan fingerprint density at radius 1 is 1.03 bits per heavy atom. The maximum Gasteiger partial charge on any atom is 0.416 e. The standard InChI is InChI=1S/C24H26F4N2O3S/c25-23(34(32,33)20-8-4-7-18(14-20)24(26,27)28)11-9-19(10-12-23)30-22(31)21-13-17(15-29-21)16-5-2-1-3-6-16/h1-8,14,17,19,21,29H,9-13,15H2,(H,30,31)/t17-,19-,21+,23-/m1/s1. The average molecular weight is 499 g/mol. The summed E-state index contributed by atoms with van der Waals surface area (Å²) >= 11 is 0. The zero-order valence-electron chi connectivity index (χ0n) is 18.3. The Labute approximate surface area is 195 Å². The summed E-state index contributed by atoms with van der Waals surface area (Å²) in [6.07, 6.45) is -4.75. The number of nitrogens with one attached hydrogen (secondary N) is 2. The van der Waals surface area contributed by atoms with Gasteiger partial charge in [-0.1, -0.05) is 36.4 Å². The molecule has 2 fully saturated rings. The monoisotopic (exact) mass is 498 g/mol. The van der Waals surface area contributed by atoms with Gasteiger partial charge in [-0.2, -0.15) is 13.2 Å². The summed E-state index contributed by atoms with van der Waals surface area (Å²) in [7, 11) is -4.64. The largest absolute Gasteiger partial charge is 0.416 e. The molecule has 0 spiro atoms. The van der Waals surface area contributed by atoms with E-state index in [4.69, 9.17) is 0 Å². The molecule has 1 saturated heterocycles. The summed E-state index contributed by atoms with van der Waals surface area (Å²) in [6, 6.07) is 12.2. The van der Waals surface area contributed by atoms with Crippen LogP contribution in [-0.2, 0) is 20.8 Å². The van der Waals surface area contributed by atoms with Crippen molar-refractivity contribution in [3.8, 4) is 0 Å². The van der Waals surface area contributed by atoms with Crippen LogP contribution in [-0.4, -0.2) is 38.0 Å². The average Bonchev–Trinajstić information content (AvgIpc) is 3.31. The van der Waals surface area contributed by atoms with Gasteiger partial charge in [0.1, 0.15) is 0 Å². The molecule has 34 heavy (non-hydrogen) atoms. The first-order valence-electron chi connectivity index (χ1n) is 11.2. The summed E-state index contributed by atoms with van der Waals surface area (Å²) in [5.41, 5.74) is 0.000901. The molecule has 0 unspecified atom stereocenters. The third-order valence-electron chi connectivity index (χ3n) is 6.75. The lowest BCUT2D eigenvalue weighted by Gasteiger charge is -2.34. The van der Waals surface area contributed by atoms with Crippen LogP contribution in [0.15, 0.2) is 59.5 Å². The maximum absolute atomic E-state index is 15.5. The number of hydrogen-bond donors (Lipinski definition) is 2. The molecule has 1 aliphatic carbocycles. The summed E-state index contributed by atoms with van der Waals surface area (Å²) in [4.78, 5) is 12.0. The Balaban J connectivity index is 1.36. The van der Waals surface area contributed by atoms with E-state index in [1.54, 1.807) is 0 Å².